The molecule has 0 aromatic heterocycles. The van der Waals surface area contributed by atoms with E-state index >= 15 is 0 Å². The molecule has 1 unspecified atom stereocenters. The van der Waals surface area contributed by atoms with Gasteiger partial charge in [0.25, 0.3) is 0 Å². The number of hydrogen-bond acceptors (Lipinski definition) is 6. The Bertz CT molecular complexity index is 1410. The number of ether oxygens (including phenoxy) is 2. The number of benzene rings is 3. The molecule has 0 aliphatic heterocycles. The molecule has 0 saturated heterocycles. The van der Waals surface area contributed by atoms with Gasteiger partial charge in [0.1, 0.15) is 24.1 Å². The molecule has 3 aromatic carbocycles. The Morgan fingerprint density at radius 1 is 0.927 bits per heavy atom. The van der Waals surface area contributed by atoms with Gasteiger partial charge < -0.3 is 19.7 Å². The van der Waals surface area contributed by atoms with Crippen LogP contribution in [0.25, 0.3) is 0 Å². The fourth-order valence-corrected chi connectivity index (χ4v) is 5.25. The number of hydrogen-bond donors (Lipinski definition) is 1. The van der Waals surface area contributed by atoms with Crippen molar-refractivity contribution in [2.75, 3.05) is 37.9 Å². The van der Waals surface area contributed by atoms with Crippen LogP contribution >= 0.6 is 0 Å². The van der Waals surface area contributed by atoms with Gasteiger partial charge in [0.05, 0.1) is 26.2 Å². The van der Waals surface area contributed by atoms with Crippen molar-refractivity contribution < 1.29 is 27.5 Å². The van der Waals surface area contributed by atoms with Gasteiger partial charge in [-0.2, -0.15) is 0 Å². The van der Waals surface area contributed by atoms with Crippen molar-refractivity contribution in [3.8, 4) is 11.5 Å². The van der Waals surface area contributed by atoms with E-state index in [1.165, 1.54) is 25.2 Å². The predicted octanol–water partition coefficient (Wildman–Crippen LogP) is 3.94. The molecule has 0 aliphatic rings. The molecule has 3 aromatic rings. The molecule has 2 amide bonds. The van der Waals surface area contributed by atoms with E-state index in [9.17, 15) is 18.0 Å². The predicted molar refractivity (Wildman–Crippen MR) is 161 cm³/mol. The summed E-state index contributed by atoms with van der Waals surface area (Å²) in [5, 5.41) is 2.93. The first-order chi connectivity index (χ1) is 19.6. The molecule has 0 saturated carbocycles. The van der Waals surface area contributed by atoms with Gasteiger partial charge >= 0.3 is 0 Å². The van der Waals surface area contributed by atoms with Gasteiger partial charge in [-0.05, 0) is 36.6 Å². The number of sulfonamides is 1. The number of nitrogens with zero attached hydrogens (tertiary/aromatic N) is 2. The van der Waals surface area contributed by atoms with Gasteiger partial charge in [-0.15, -0.1) is 0 Å². The highest BCUT2D eigenvalue weighted by molar-refractivity contribution is 7.92. The molecule has 1 N–H and O–H groups in total. The molecule has 220 valence electrons. The average Bonchev–Trinajstić information content (AvgIpc) is 2.96. The second-order valence-corrected chi connectivity index (χ2v) is 11.7. The van der Waals surface area contributed by atoms with Crippen LogP contribution in [0.3, 0.4) is 0 Å². The van der Waals surface area contributed by atoms with Gasteiger partial charge in [0, 0.05) is 25.6 Å². The molecule has 0 spiro atoms. The average molecular weight is 582 g/mol. The summed E-state index contributed by atoms with van der Waals surface area (Å²) in [6, 6.07) is 20.9. The quantitative estimate of drug-likeness (QED) is 0.309. The number of anilines is 1. The third-order valence-corrected chi connectivity index (χ3v) is 7.76. The molecule has 0 bridgehead atoms. The van der Waals surface area contributed by atoms with Crippen LogP contribution < -0.4 is 19.1 Å². The first-order valence-electron chi connectivity index (χ1n) is 13.4. The molecular weight excluding hydrogens is 542 g/mol. The minimum Gasteiger partial charge on any atom is -0.497 e. The number of amides is 2. The highest BCUT2D eigenvalue weighted by Gasteiger charge is 2.33. The summed E-state index contributed by atoms with van der Waals surface area (Å²) in [6.45, 7) is 3.96. The number of nitrogens with one attached hydrogen (secondary N) is 1. The van der Waals surface area contributed by atoms with E-state index in [1.807, 2.05) is 68.4 Å². The van der Waals surface area contributed by atoms with Gasteiger partial charge in [-0.3, -0.25) is 13.9 Å². The van der Waals surface area contributed by atoms with Crippen molar-refractivity contribution in [1.29, 1.82) is 0 Å². The summed E-state index contributed by atoms with van der Waals surface area (Å²) in [4.78, 5) is 29.2. The van der Waals surface area contributed by atoms with Crippen molar-refractivity contribution in [3.05, 3.63) is 89.5 Å². The van der Waals surface area contributed by atoms with Gasteiger partial charge in [-0.25, -0.2) is 8.42 Å². The maximum Gasteiger partial charge on any atom is 0.244 e. The Balaban J connectivity index is 2.07. The molecule has 10 heteroatoms. The van der Waals surface area contributed by atoms with Crippen LogP contribution in [0.4, 0.5) is 5.69 Å². The molecule has 9 nitrogen and oxygen atoms in total. The zero-order valence-electron chi connectivity index (χ0n) is 24.3. The third kappa shape index (κ3) is 8.72. The highest BCUT2D eigenvalue weighted by Crippen LogP contribution is 2.33. The summed E-state index contributed by atoms with van der Waals surface area (Å²) < 4.78 is 37.8. The third-order valence-electron chi connectivity index (χ3n) is 6.63. The zero-order chi connectivity index (χ0) is 30.0. The van der Waals surface area contributed by atoms with E-state index in [0.717, 1.165) is 33.7 Å². The van der Waals surface area contributed by atoms with Crippen LogP contribution in [0.5, 0.6) is 11.5 Å². The number of rotatable bonds is 14. The molecule has 41 heavy (non-hydrogen) atoms. The fourth-order valence-electron chi connectivity index (χ4n) is 4.40. The maximum atomic E-state index is 14.2. The van der Waals surface area contributed by atoms with Crippen LogP contribution in [-0.2, 0) is 32.6 Å². The molecular formula is C31H39N3O6S. The Kier molecular flexibility index (Phi) is 11.2. The Labute approximate surface area is 243 Å². The van der Waals surface area contributed by atoms with E-state index in [2.05, 4.69) is 5.32 Å². The Hall–Kier alpha value is -4.05. The minimum absolute atomic E-state index is 0.119. The molecule has 0 fully saturated rings. The monoisotopic (exact) mass is 581 g/mol. The molecule has 3 rings (SSSR count). The summed E-state index contributed by atoms with van der Waals surface area (Å²) in [7, 11) is -1.03. The van der Waals surface area contributed by atoms with Gasteiger partial charge in [0.2, 0.25) is 21.8 Å². The number of methoxy groups -OCH3 is 2. The topological polar surface area (TPSA) is 105 Å². The van der Waals surface area contributed by atoms with Crippen LogP contribution in [0.2, 0.25) is 0 Å². The number of carbonyl (C=O) groups excluding carboxylic acids is 2. The maximum absolute atomic E-state index is 14.2. The van der Waals surface area contributed by atoms with E-state index < -0.39 is 28.5 Å². The van der Waals surface area contributed by atoms with E-state index in [0.29, 0.717) is 12.3 Å². The molecule has 0 radical (unpaired) electrons. The molecule has 0 heterocycles. The zero-order valence-corrected chi connectivity index (χ0v) is 25.1. The second-order valence-electron chi connectivity index (χ2n) is 9.81. The fraction of sp³-hybridized carbons (Fsp3) is 0.355. The van der Waals surface area contributed by atoms with Crippen LogP contribution in [0.15, 0.2) is 72.8 Å². The van der Waals surface area contributed by atoms with Crippen molar-refractivity contribution >= 4 is 27.5 Å². The molecule has 0 aliphatic carbocycles. The first-order valence-corrected chi connectivity index (χ1v) is 15.3. The van der Waals surface area contributed by atoms with Crippen molar-refractivity contribution in [2.24, 2.45) is 0 Å². The Morgan fingerprint density at radius 2 is 1.61 bits per heavy atom. The lowest BCUT2D eigenvalue weighted by molar-refractivity contribution is -0.140. The summed E-state index contributed by atoms with van der Waals surface area (Å²) in [5.74, 6) is -0.123. The van der Waals surface area contributed by atoms with Crippen molar-refractivity contribution in [2.45, 2.75) is 39.3 Å². The van der Waals surface area contributed by atoms with Crippen LogP contribution in [0, 0.1) is 6.92 Å². The van der Waals surface area contributed by atoms with E-state index in [1.54, 1.807) is 12.1 Å². The largest absolute Gasteiger partial charge is 0.497 e. The standard InChI is InChI=1S/C31H39N3O6S/c1-6-18-32-31(36)28(19-24-10-8-7-9-11-24)33(21-25-14-12-23(2)13-15-25)30(35)22-34(41(5,37)38)27-17-16-26(39-3)20-29(27)40-4/h7-17,20,28H,6,18-19,21-22H2,1-5H3,(H,32,36). The van der Waals surface area contributed by atoms with Crippen LogP contribution in [-0.4, -0.2) is 64.7 Å². The van der Waals surface area contributed by atoms with Gasteiger partial charge in [-0.1, -0.05) is 67.1 Å². The molecule has 1 atom stereocenters. The lowest BCUT2D eigenvalue weighted by Gasteiger charge is -2.33. The summed E-state index contributed by atoms with van der Waals surface area (Å²) >= 11 is 0. The number of carbonyl (C=O) groups is 2. The SMILES string of the molecule is CCCNC(=O)C(Cc1ccccc1)N(Cc1ccc(C)cc1)C(=O)CN(c1ccc(OC)cc1OC)S(C)(=O)=O. The van der Waals surface area contributed by atoms with Gasteiger partial charge in [0.15, 0.2) is 0 Å². The Morgan fingerprint density at radius 3 is 2.20 bits per heavy atom. The lowest BCUT2D eigenvalue weighted by atomic mass is 10.0. The number of aryl methyl sites for hydroxylation is 1. The smallest absolute Gasteiger partial charge is 0.244 e. The summed E-state index contributed by atoms with van der Waals surface area (Å²) in [5.41, 5.74) is 2.94. The lowest BCUT2D eigenvalue weighted by Crippen LogP contribution is -2.53. The van der Waals surface area contributed by atoms with E-state index in [-0.39, 0.29) is 30.3 Å². The van der Waals surface area contributed by atoms with Crippen molar-refractivity contribution in [3.63, 3.8) is 0 Å². The van der Waals surface area contributed by atoms with Crippen LogP contribution in [0.1, 0.15) is 30.0 Å². The second kappa shape index (κ2) is 14.5. The van der Waals surface area contributed by atoms with Crippen molar-refractivity contribution in [1.82, 2.24) is 10.2 Å². The van der Waals surface area contributed by atoms with E-state index in [4.69, 9.17) is 9.47 Å². The minimum atomic E-state index is -3.93. The highest BCUT2D eigenvalue weighted by atomic mass is 32.2. The first kappa shape index (κ1) is 31.5. The summed E-state index contributed by atoms with van der Waals surface area (Å²) in [6.07, 6.45) is 2.03. The normalized spacial score (nSPS) is 11.8.